The fraction of sp³-hybridized carbons (Fsp3) is 0.889. The van der Waals surface area contributed by atoms with Gasteiger partial charge in [0.05, 0.1) is 5.92 Å². The fourth-order valence-corrected chi connectivity index (χ4v) is 1.81. The van der Waals surface area contributed by atoms with E-state index in [0.29, 0.717) is 0 Å². The lowest BCUT2D eigenvalue weighted by Gasteiger charge is -2.09. The van der Waals surface area contributed by atoms with Gasteiger partial charge in [0.15, 0.2) is 0 Å². The summed E-state index contributed by atoms with van der Waals surface area (Å²) in [6, 6.07) is 0. The highest BCUT2D eigenvalue weighted by Gasteiger charge is 2.09. The molecule has 1 atom stereocenters. The quantitative estimate of drug-likeness (QED) is 0.638. The summed E-state index contributed by atoms with van der Waals surface area (Å²) in [5.74, 6) is 0.864. The van der Waals surface area contributed by atoms with Gasteiger partial charge in [-0.1, -0.05) is 6.92 Å². The van der Waals surface area contributed by atoms with Crippen LogP contribution in [-0.2, 0) is 4.79 Å². The maximum absolute atomic E-state index is 10.4. The molecule has 78 valence electrons. The maximum Gasteiger partial charge on any atom is 0.307 e. The number of rotatable bonds is 7. The Morgan fingerprint density at radius 2 is 2.15 bits per heavy atom. The molecule has 0 rings (SSSR count). The van der Waals surface area contributed by atoms with Gasteiger partial charge in [-0.3, -0.25) is 4.79 Å². The molecule has 0 aromatic rings. The first-order valence-corrected chi connectivity index (χ1v) is 5.64. The number of hydrogen-bond acceptors (Lipinski definition) is 3. The maximum atomic E-state index is 10.4. The topological polar surface area (TPSA) is 40.5 Å². The average Bonchev–Trinajstić information content (AvgIpc) is 2.02. The van der Waals surface area contributed by atoms with Crippen molar-refractivity contribution in [3.63, 3.8) is 0 Å². The van der Waals surface area contributed by atoms with Crippen molar-refractivity contribution in [3.05, 3.63) is 0 Å². The molecular formula is C9H19NO2S. The van der Waals surface area contributed by atoms with Crippen LogP contribution in [0.25, 0.3) is 0 Å². The number of nitrogens with zero attached hydrogens (tertiary/aromatic N) is 1. The lowest BCUT2D eigenvalue weighted by Crippen LogP contribution is -2.15. The third kappa shape index (κ3) is 8.12. The van der Waals surface area contributed by atoms with Crippen LogP contribution in [0, 0.1) is 5.92 Å². The molecule has 13 heavy (non-hydrogen) atoms. The van der Waals surface area contributed by atoms with Gasteiger partial charge in [0, 0.05) is 5.75 Å². The van der Waals surface area contributed by atoms with Gasteiger partial charge in [-0.25, -0.2) is 0 Å². The molecule has 0 fully saturated rings. The van der Waals surface area contributed by atoms with E-state index in [1.165, 1.54) is 0 Å². The van der Waals surface area contributed by atoms with Crippen LogP contribution >= 0.6 is 11.8 Å². The van der Waals surface area contributed by atoms with E-state index < -0.39 is 5.97 Å². The second-order valence-corrected chi connectivity index (χ2v) is 4.62. The fourth-order valence-electron chi connectivity index (χ4n) is 0.814. The molecule has 0 heterocycles. The van der Waals surface area contributed by atoms with Crippen molar-refractivity contribution < 1.29 is 9.90 Å². The van der Waals surface area contributed by atoms with Crippen LogP contribution in [-0.4, -0.2) is 48.1 Å². The Bertz CT molecular complexity index is 151. The standard InChI is InChI=1S/C9H19NO2S/c1-8(9(11)12)7-13-6-4-5-10(2)3/h8H,4-7H2,1-3H3,(H,11,12). The smallest absolute Gasteiger partial charge is 0.307 e. The third-order valence-corrected chi connectivity index (χ3v) is 3.00. The molecule has 4 heteroatoms. The van der Waals surface area contributed by atoms with Crippen molar-refractivity contribution >= 4 is 17.7 Å². The largest absolute Gasteiger partial charge is 0.481 e. The normalized spacial score (nSPS) is 13.2. The van der Waals surface area contributed by atoms with Crippen LogP contribution in [0.5, 0.6) is 0 Å². The summed E-state index contributed by atoms with van der Waals surface area (Å²) < 4.78 is 0. The molecule has 0 spiro atoms. The Kier molecular flexibility index (Phi) is 7.09. The van der Waals surface area contributed by atoms with Crippen molar-refractivity contribution in [1.82, 2.24) is 4.90 Å². The Morgan fingerprint density at radius 1 is 1.54 bits per heavy atom. The van der Waals surface area contributed by atoms with Crippen molar-refractivity contribution in [2.45, 2.75) is 13.3 Å². The molecule has 3 nitrogen and oxygen atoms in total. The zero-order valence-electron chi connectivity index (χ0n) is 8.62. The number of carboxylic acids is 1. The molecule has 0 aromatic heterocycles. The first-order valence-electron chi connectivity index (χ1n) is 4.49. The lowest BCUT2D eigenvalue weighted by molar-refractivity contribution is -0.140. The predicted octanol–water partition coefficient (Wildman–Crippen LogP) is 1.39. The number of carboxylic acid groups (broad SMARTS) is 1. The Balaban J connectivity index is 3.21. The van der Waals surface area contributed by atoms with E-state index in [0.717, 1.165) is 24.5 Å². The van der Waals surface area contributed by atoms with Gasteiger partial charge in [0.25, 0.3) is 0 Å². The van der Waals surface area contributed by atoms with Gasteiger partial charge in [0.2, 0.25) is 0 Å². The van der Waals surface area contributed by atoms with E-state index in [1.807, 2.05) is 14.1 Å². The molecule has 0 saturated carbocycles. The second-order valence-electron chi connectivity index (χ2n) is 3.47. The first-order chi connectivity index (χ1) is 6.04. The molecule has 0 aliphatic carbocycles. The minimum atomic E-state index is -0.694. The van der Waals surface area contributed by atoms with Crippen molar-refractivity contribution in [1.29, 1.82) is 0 Å². The average molecular weight is 205 g/mol. The molecular weight excluding hydrogens is 186 g/mol. The van der Waals surface area contributed by atoms with E-state index in [-0.39, 0.29) is 5.92 Å². The molecule has 0 aliphatic rings. The summed E-state index contributed by atoms with van der Waals surface area (Å²) in [6.45, 7) is 2.83. The highest BCUT2D eigenvalue weighted by Crippen LogP contribution is 2.09. The van der Waals surface area contributed by atoms with Crippen LogP contribution < -0.4 is 0 Å². The predicted molar refractivity (Wildman–Crippen MR) is 57.3 cm³/mol. The molecule has 1 N–H and O–H groups in total. The third-order valence-electron chi connectivity index (χ3n) is 1.68. The molecule has 0 saturated heterocycles. The molecule has 0 aliphatic heterocycles. The summed E-state index contributed by atoms with van der Waals surface area (Å²) in [4.78, 5) is 12.6. The van der Waals surface area contributed by atoms with Crippen LogP contribution in [0.3, 0.4) is 0 Å². The monoisotopic (exact) mass is 205 g/mol. The number of thioether (sulfide) groups is 1. The molecule has 0 bridgehead atoms. The summed E-state index contributed by atoms with van der Waals surface area (Å²) >= 11 is 1.72. The SMILES string of the molecule is CC(CSCCCN(C)C)C(=O)O. The van der Waals surface area contributed by atoms with Crippen molar-refractivity contribution in [2.24, 2.45) is 5.92 Å². The van der Waals surface area contributed by atoms with Gasteiger partial charge in [-0.05, 0) is 32.8 Å². The van der Waals surface area contributed by atoms with Crippen LogP contribution in [0.15, 0.2) is 0 Å². The zero-order valence-corrected chi connectivity index (χ0v) is 9.43. The van der Waals surface area contributed by atoms with Crippen LogP contribution in [0.2, 0.25) is 0 Å². The van der Waals surface area contributed by atoms with Gasteiger partial charge < -0.3 is 10.0 Å². The van der Waals surface area contributed by atoms with E-state index in [2.05, 4.69) is 4.90 Å². The summed E-state index contributed by atoms with van der Waals surface area (Å²) in [7, 11) is 4.09. The summed E-state index contributed by atoms with van der Waals surface area (Å²) in [5, 5.41) is 8.61. The zero-order chi connectivity index (χ0) is 10.3. The lowest BCUT2D eigenvalue weighted by atomic mass is 10.2. The van der Waals surface area contributed by atoms with E-state index in [1.54, 1.807) is 18.7 Å². The Labute approximate surface area is 84.5 Å². The molecule has 1 unspecified atom stereocenters. The molecule has 0 radical (unpaired) electrons. The summed E-state index contributed by atoms with van der Waals surface area (Å²) in [6.07, 6.45) is 1.13. The minimum absolute atomic E-state index is 0.218. The van der Waals surface area contributed by atoms with Gasteiger partial charge >= 0.3 is 5.97 Å². The van der Waals surface area contributed by atoms with Gasteiger partial charge in [-0.2, -0.15) is 11.8 Å². The highest BCUT2D eigenvalue weighted by molar-refractivity contribution is 7.99. The second kappa shape index (κ2) is 7.21. The molecule has 0 aromatic carbocycles. The number of aliphatic carboxylic acids is 1. The van der Waals surface area contributed by atoms with Gasteiger partial charge in [-0.15, -0.1) is 0 Å². The number of carbonyl (C=O) groups is 1. The van der Waals surface area contributed by atoms with Crippen molar-refractivity contribution in [3.8, 4) is 0 Å². The Hall–Kier alpha value is -0.220. The van der Waals surface area contributed by atoms with E-state index in [4.69, 9.17) is 5.11 Å². The number of hydrogen-bond donors (Lipinski definition) is 1. The summed E-state index contributed by atoms with van der Waals surface area (Å²) in [5.41, 5.74) is 0. The van der Waals surface area contributed by atoms with Gasteiger partial charge in [0.1, 0.15) is 0 Å². The van der Waals surface area contributed by atoms with Crippen LogP contribution in [0.1, 0.15) is 13.3 Å². The highest BCUT2D eigenvalue weighted by atomic mass is 32.2. The van der Waals surface area contributed by atoms with E-state index >= 15 is 0 Å². The first kappa shape index (κ1) is 12.8. The molecule has 0 amide bonds. The minimum Gasteiger partial charge on any atom is -0.481 e. The van der Waals surface area contributed by atoms with Crippen molar-refractivity contribution in [2.75, 3.05) is 32.1 Å². The van der Waals surface area contributed by atoms with E-state index in [9.17, 15) is 4.79 Å². The van der Waals surface area contributed by atoms with Crippen LogP contribution in [0.4, 0.5) is 0 Å². The Morgan fingerprint density at radius 3 is 2.62 bits per heavy atom.